The Morgan fingerprint density at radius 3 is 0.839 bits per heavy atom. The molecule has 23 aromatic rings. The summed E-state index contributed by atoms with van der Waals surface area (Å²) in [6.45, 7) is 0. The summed E-state index contributed by atoms with van der Waals surface area (Å²) >= 11 is 3.73. The Labute approximate surface area is 688 Å². The van der Waals surface area contributed by atoms with E-state index in [0.717, 1.165) is 94.6 Å². The molecule has 23 rings (SSSR count). The molecule has 0 atom stereocenters. The van der Waals surface area contributed by atoms with E-state index in [1.807, 2.05) is 95.5 Å². The number of hydrogen-bond acceptors (Lipinski definition) is 8. The number of hydrogen-bond donors (Lipinski definition) is 0. The monoisotopic (exact) mass is 1540 g/mol. The molecular weight excluding hydrogens is 1470 g/mol. The lowest BCUT2D eigenvalue weighted by Crippen LogP contribution is -2.04. The van der Waals surface area contributed by atoms with E-state index in [1.165, 1.54) is 89.7 Å². The van der Waals surface area contributed by atoms with Crippen LogP contribution in [0, 0.1) is 0 Å². The molecule has 0 amide bonds. The molecule has 552 valence electrons. The van der Waals surface area contributed by atoms with Gasteiger partial charge >= 0.3 is 0 Å². The van der Waals surface area contributed by atoms with Crippen LogP contribution in [-0.2, 0) is 0 Å². The second-order valence-corrected chi connectivity index (χ2v) is 31.6. The van der Waals surface area contributed by atoms with Gasteiger partial charge in [0.25, 0.3) is 0 Å². The Balaban J connectivity index is 0.000000143. The maximum atomic E-state index is 5.27. The predicted octanol–water partition coefficient (Wildman–Crippen LogP) is 29.0. The molecule has 0 fully saturated rings. The minimum atomic E-state index is 0.611. The van der Waals surface area contributed by atoms with E-state index in [2.05, 4.69) is 349 Å². The molecule has 10 heteroatoms. The van der Waals surface area contributed by atoms with Gasteiger partial charge in [-0.15, -0.1) is 22.7 Å². The van der Waals surface area contributed by atoms with Crippen molar-refractivity contribution in [3.05, 3.63) is 413 Å². The van der Waals surface area contributed by atoms with Gasteiger partial charge < -0.3 is 9.13 Å². The van der Waals surface area contributed by atoms with E-state index in [0.29, 0.717) is 34.9 Å². The lowest BCUT2D eigenvalue weighted by molar-refractivity contribution is 1.07. The number of rotatable bonds is 13. The number of para-hydroxylation sites is 2. The minimum Gasteiger partial charge on any atom is -0.309 e. The van der Waals surface area contributed by atoms with E-state index in [-0.39, 0.29) is 0 Å². The lowest BCUT2D eigenvalue weighted by atomic mass is 9.94. The molecule has 6 aromatic heterocycles. The molecule has 0 aliphatic carbocycles. The number of benzene rings is 17. The Kier molecular flexibility index (Phi) is 17.5. The Bertz CT molecular complexity index is 7660. The second-order valence-electron chi connectivity index (χ2n) is 29.5. The molecule has 0 radical (unpaired) electrons. The van der Waals surface area contributed by atoms with Crippen molar-refractivity contribution in [1.29, 1.82) is 0 Å². The highest BCUT2D eigenvalue weighted by atomic mass is 32.1. The normalized spacial score (nSPS) is 11.6. The van der Waals surface area contributed by atoms with Crippen LogP contribution >= 0.6 is 22.7 Å². The summed E-state index contributed by atoms with van der Waals surface area (Å²) in [7, 11) is 0. The highest BCUT2D eigenvalue weighted by Crippen LogP contribution is 2.48. The molecule has 0 N–H and O–H groups in total. The summed E-state index contributed by atoms with van der Waals surface area (Å²) in [6, 6.07) is 146. The van der Waals surface area contributed by atoms with Crippen LogP contribution < -0.4 is 0 Å². The second kappa shape index (κ2) is 29.6. The predicted molar refractivity (Wildman–Crippen MR) is 494 cm³/mol. The number of thiophene rings is 2. The van der Waals surface area contributed by atoms with E-state index >= 15 is 0 Å². The Hall–Kier alpha value is -15.2. The van der Waals surface area contributed by atoms with Crippen LogP contribution in [0.15, 0.2) is 413 Å². The van der Waals surface area contributed by atoms with Crippen LogP contribution in [0.2, 0.25) is 0 Å². The van der Waals surface area contributed by atoms with Crippen molar-refractivity contribution in [3.8, 4) is 135 Å². The summed E-state index contributed by atoms with van der Waals surface area (Å²) in [5, 5.41) is 9.99. The lowest BCUT2D eigenvalue weighted by Gasteiger charge is -2.19. The Morgan fingerprint density at radius 2 is 0.441 bits per heavy atom. The number of fused-ring (bicyclic) bond motifs is 12. The molecule has 0 aliphatic rings. The third-order valence-corrected chi connectivity index (χ3v) is 25.0. The first-order valence-electron chi connectivity index (χ1n) is 39.6. The summed E-state index contributed by atoms with van der Waals surface area (Å²) in [4.78, 5) is 31.0. The molecule has 0 saturated heterocycles. The van der Waals surface area contributed by atoms with Crippen LogP contribution in [0.1, 0.15) is 0 Å². The average molecular weight is 1540 g/mol. The van der Waals surface area contributed by atoms with Gasteiger partial charge in [-0.3, -0.25) is 0 Å². The summed E-state index contributed by atoms with van der Waals surface area (Å²) in [6.07, 6.45) is 0. The third kappa shape index (κ3) is 12.4. The summed E-state index contributed by atoms with van der Waals surface area (Å²) in [5.41, 5.74) is 23.7. The van der Waals surface area contributed by atoms with Gasteiger partial charge in [0, 0.05) is 106 Å². The molecule has 118 heavy (non-hydrogen) atoms. The van der Waals surface area contributed by atoms with Gasteiger partial charge in [0.2, 0.25) is 0 Å². The van der Waals surface area contributed by atoms with Crippen molar-refractivity contribution in [2.45, 2.75) is 0 Å². The van der Waals surface area contributed by atoms with Gasteiger partial charge in [0.05, 0.1) is 33.4 Å². The smallest absolute Gasteiger partial charge is 0.164 e. The van der Waals surface area contributed by atoms with Gasteiger partial charge in [-0.2, -0.15) is 0 Å². The van der Waals surface area contributed by atoms with Gasteiger partial charge in [-0.1, -0.05) is 364 Å². The molecule has 17 aromatic carbocycles. The summed E-state index contributed by atoms with van der Waals surface area (Å²) in [5.74, 6) is 3.76. The zero-order chi connectivity index (χ0) is 78.0. The average Bonchev–Trinajstić information content (AvgIpc) is 1.56. The van der Waals surface area contributed by atoms with E-state index in [9.17, 15) is 0 Å². The largest absolute Gasteiger partial charge is 0.309 e. The van der Waals surface area contributed by atoms with Gasteiger partial charge in [-0.05, 0) is 93.0 Å². The molecular formula is C108H68N8S2. The Morgan fingerprint density at radius 1 is 0.169 bits per heavy atom. The van der Waals surface area contributed by atoms with Crippen molar-refractivity contribution < 1.29 is 0 Å². The number of aromatic nitrogens is 8. The first-order valence-corrected chi connectivity index (χ1v) is 41.3. The highest BCUT2D eigenvalue weighted by Gasteiger charge is 2.26. The highest BCUT2D eigenvalue weighted by molar-refractivity contribution is 7.26. The summed E-state index contributed by atoms with van der Waals surface area (Å²) < 4.78 is 10.1. The standard InChI is InChI=1S/C57H36N4S.C51H32N4S/c1-4-16-37(17-5-1)38-30-32-39(33-31-38)53-48(57-59-55(40-18-6-2-7-19-40)58-56(60-57)41-20-8-3-9-21-41)26-15-28-50(53)61-49-27-12-10-22-44(49)45-35-34-42(36-51(45)61)43-24-14-25-47-46-23-11-13-29-52(46)62-54(43)47;1-4-16-33(17-5-1)47-42(51-53-49(34-18-6-2-7-19-34)52-50(54-51)35-20-8-3-9-21-35)26-15-28-44(47)55-43-27-12-10-22-38(43)39-31-30-36(32-45(39)55)37-24-14-25-41-40-23-11-13-29-46(40)56-48(37)41/h1-36H;1-32H. The van der Waals surface area contributed by atoms with Gasteiger partial charge in [0.1, 0.15) is 0 Å². The first kappa shape index (κ1) is 69.5. The van der Waals surface area contributed by atoms with E-state index < -0.39 is 0 Å². The maximum absolute atomic E-state index is 5.27. The van der Waals surface area contributed by atoms with Gasteiger partial charge in [-0.25, -0.2) is 29.9 Å². The van der Waals surface area contributed by atoms with Gasteiger partial charge in [0.15, 0.2) is 34.9 Å². The van der Waals surface area contributed by atoms with Crippen LogP contribution in [-0.4, -0.2) is 39.0 Å². The fourth-order valence-electron chi connectivity index (χ4n) is 17.1. The van der Waals surface area contributed by atoms with E-state index in [1.54, 1.807) is 0 Å². The maximum Gasteiger partial charge on any atom is 0.164 e. The molecule has 0 aliphatic heterocycles. The van der Waals surface area contributed by atoms with Crippen molar-refractivity contribution in [1.82, 2.24) is 39.0 Å². The SMILES string of the molecule is c1ccc(-c2ccc(-c3c(-c4nc(-c5ccccc5)nc(-c5ccccc5)n4)cccc3-n3c4ccccc4c4ccc(-c5cccc6c5sc5ccccc56)cc43)cc2)cc1.c1ccc(-c2nc(-c3ccccc3)nc(-c3cccc(-n4c5ccccc5c5ccc(-c6cccc7c6sc6ccccc67)cc54)c3-c3ccccc3)n2)cc1. The zero-order valence-corrected chi connectivity index (χ0v) is 65.3. The molecule has 0 bridgehead atoms. The molecule has 0 spiro atoms. The third-order valence-electron chi connectivity index (χ3n) is 22.6. The van der Waals surface area contributed by atoms with Crippen LogP contribution in [0.4, 0.5) is 0 Å². The molecule has 6 heterocycles. The van der Waals surface area contributed by atoms with Crippen molar-refractivity contribution in [2.24, 2.45) is 0 Å². The topological polar surface area (TPSA) is 87.2 Å². The number of nitrogens with zero attached hydrogens (tertiary/aromatic N) is 8. The molecule has 8 nitrogen and oxygen atoms in total. The van der Waals surface area contributed by atoms with Crippen molar-refractivity contribution >= 4 is 107 Å². The van der Waals surface area contributed by atoms with E-state index in [4.69, 9.17) is 29.9 Å². The molecule has 0 unspecified atom stereocenters. The quantitative estimate of drug-likeness (QED) is 0.114. The fourth-order valence-corrected chi connectivity index (χ4v) is 19.6. The minimum absolute atomic E-state index is 0.611. The molecule has 0 saturated carbocycles. The first-order chi connectivity index (χ1) is 58.5. The van der Waals surface area contributed by atoms with Crippen molar-refractivity contribution in [3.63, 3.8) is 0 Å². The van der Waals surface area contributed by atoms with Crippen LogP contribution in [0.25, 0.3) is 219 Å². The van der Waals surface area contributed by atoms with Crippen LogP contribution in [0.5, 0.6) is 0 Å². The van der Waals surface area contributed by atoms with Crippen LogP contribution in [0.3, 0.4) is 0 Å². The fraction of sp³-hybridized carbons (Fsp3) is 0. The van der Waals surface area contributed by atoms with Crippen molar-refractivity contribution in [2.75, 3.05) is 0 Å². The zero-order valence-electron chi connectivity index (χ0n) is 63.7.